The molecule has 1 amide bonds. The molecule has 1 aliphatic rings. The molecule has 3 rings (SSSR count). The van der Waals surface area contributed by atoms with Gasteiger partial charge in [0.05, 0.1) is 5.92 Å². The van der Waals surface area contributed by atoms with Gasteiger partial charge >= 0.3 is 0 Å². The fraction of sp³-hybridized carbons (Fsp3) is 0.438. The molecule has 2 unspecified atom stereocenters. The Morgan fingerprint density at radius 2 is 2.14 bits per heavy atom. The topological polar surface area (TPSA) is 68.5 Å². The van der Waals surface area contributed by atoms with Gasteiger partial charge in [-0.25, -0.2) is 0 Å². The zero-order chi connectivity index (χ0) is 15.5. The highest BCUT2D eigenvalue weighted by molar-refractivity contribution is 5.77. The van der Waals surface area contributed by atoms with E-state index in [9.17, 15) is 4.79 Å². The van der Waals surface area contributed by atoms with E-state index in [4.69, 9.17) is 9.26 Å². The highest BCUT2D eigenvalue weighted by atomic mass is 16.5. The van der Waals surface area contributed by atoms with E-state index < -0.39 is 0 Å². The third-order valence-corrected chi connectivity index (χ3v) is 4.02. The number of methoxy groups -OCH3 is 1. The lowest BCUT2D eigenvalue weighted by molar-refractivity contribution is -0.134. The third kappa shape index (κ3) is 2.87. The third-order valence-electron chi connectivity index (χ3n) is 4.02. The number of ether oxygens (including phenoxy) is 1. The molecule has 2 heterocycles. The van der Waals surface area contributed by atoms with E-state index in [0.29, 0.717) is 24.8 Å². The maximum Gasteiger partial charge on any atom is 0.248 e. The Labute approximate surface area is 129 Å². The second-order valence-corrected chi connectivity index (χ2v) is 5.64. The van der Waals surface area contributed by atoms with Crippen LogP contribution in [0.15, 0.2) is 34.9 Å². The maximum absolute atomic E-state index is 11.9. The molecule has 6 heteroatoms. The van der Waals surface area contributed by atoms with Gasteiger partial charge in [-0.3, -0.25) is 4.79 Å². The quantitative estimate of drug-likeness (QED) is 0.863. The van der Waals surface area contributed by atoms with Crippen molar-refractivity contribution in [1.29, 1.82) is 0 Å². The molecule has 1 saturated heterocycles. The second-order valence-electron chi connectivity index (χ2n) is 5.64. The van der Waals surface area contributed by atoms with Crippen LogP contribution >= 0.6 is 0 Å². The van der Waals surface area contributed by atoms with E-state index in [1.54, 1.807) is 4.90 Å². The van der Waals surface area contributed by atoms with Gasteiger partial charge < -0.3 is 14.2 Å². The minimum Gasteiger partial charge on any atom is -0.375 e. The molecule has 1 aliphatic heterocycles. The molecular weight excluding hydrogens is 282 g/mol. The summed E-state index contributed by atoms with van der Waals surface area (Å²) < 4.78 is 10.3. The number of nitrogens with zero attached hydrogens (tertiary/aromatic N) is 3. The molecule has 2 atom stereocenters. The molecule has 6 nitrogen and oxygen atoms in total. The Bertz CT molecular complexity index is 641. The van der Waals surface area contributed by atoms with E-state index in [-0.39, 0.29) is 24.3 Å². The van der Waals surface area contributed by atoms with Crippen molar-refractivity contribution >= 4 is 5.91 Å². The summed E-state index contributed by atoms with van der Waals surface area (Å²) in [6, 6.07) is 9.72. The first-order valence-electron chi connectivity index (χ1n) is 7.34. The SMILES string of the molecule is COCC(=O)N1CC(C)C(c2nc(-c3ccccc3)no2)C1. The normalized spacial score (nSPS) is 21.3. The molecule has 0 spiro atoms. The minimum absolute atomic E-state index is 0.000326. The van der Waals surface area contributed by atoms with Gasteiger partial charge in [0.2, 0.25) is 17.6 Å². The molecule has 2 aromatic rings. The Kier molecular flexibility index (Phi) is 4.20. The summed E-state index contributed by atoms with van der Waals surface area (Å²) in [5.41, 5.74) is 0.926. The van der Waals surface area contributed by atoms with Crippen LogP contribution in [0.25, 0.3) is 11.4 Å². The zero-order valence-electron chi connectivity index (χ0n) is 12.7. The van der Waals surface area contributed by atoms with Crippen LogP contribution in [0.2, 0.25) is 0 Å². The molecule has 0 saturated carbocycles. The van der Waals surface area contributed by atoms with Gasteiger partial charge in [0.25, 0.3) is 0 Å². The summed E-state index contributed by atoms with van der Waals surface area (Å²) in [4.78, 5) is 18.2. The van der Waals surface area contributed by atoms with Crippen LogP contribution in [0.4, 0.5) is 0 Å². The summed E-state index contributed by atoms with van der Waals surface area (Å²) in [6.07, 6.45) is 0. The summed E-state index contributed by atoms with van der Waals surface area (Å²) in [5.74, 6) is 1.54. The van der Waals surface area contributed by atoms with Crippen molar-refractivity contribution in [2.24, 2.45) is 5.92 Å². The number of carbonyl (C=O) groups excluding carboxylic acids is 1. The first kappa shape index (κ1) is 14.7. The molecule has 0 bridgehead atoms. The molecule has 0 aliphatic carbocycles. The van der Waals surface area contributed by atoms with Gasteiger partial charge in [0.15, 0.2) is 0 Å². The predicted molar refractivity (Wildman–Crippen MR) is 80.1 cm³/mol. The van der Waals surface area contributed by atoms with Gasteiger partial charge in [0, 0.05) is 25.8 Å². The number of hydrogen-bond acceptors (Lipinski definition) is 5. The van der Waals surface area contributed by atoms with Gasteiger partial charge in [-0.15, -0.1) is 0 Å². The Morgan fingerprint density at radius 1 is 1.36 bits per heavy atom. The molecule has 0 radical (unpaired) electrons. The van der Waals surface area contributed by atoms with Crippen molar-refractivity contribution in [1.82, 2.24) is 15.0 Å². The molecule has 22 heavy (non-hydrogen) atoms. The first-order chi connectivity index (χ1) is 10.7. The van der Waals surface area contributed by atoms with Crippen LogP contribution in [-0.4, -0.2) is 47.8 Å². The molecule has 116 valence electrons. The Balaban J connectivity index is 1.75. The van der Waals surface area contributed by atoms with Gasteiger partial charge in [-0.05, 0) is 5.92 Å². The monoisotopic (exact) mass is 301 g/mol. The average Bonchev–Trinajstić information content (AvgIpc) is 3.15. The number of rotatable bonds is 4. The smallest absolute Gasteiger partial charge is 0.248 e. The zero-order valence-corrected chi connectivity index (χ0v) is 12.7. The second kappa shape index (κ2) is 6.27. The van der Waals surface area contributed by atoms with Crippen LogP contribution < -0.4 is 0 Å². The van der Waals surface area contributed by atoms with E-state index >= 15 is 0 Å². The van der Waals surface area contributed by atoms with Crippen molar-refractivity contribution in [3.05, 3.63) is 36.2 Å². The van der Waals surface area contributed by atoms with E-state index in [2.05, 4.69) is 17.1 Å². The summed E-state index contributed by atoms with van der Waals surface area (Å²) in [5, 5.41) is 4.06. The molecule has 1 aromatic carbocycles. The van der Waals surface area contributed by atoms with Crippen LogP contribution in [0.5, 0.6) is 0 Å². The fourth-order valence-corrected chi connectivity index (χ4v) is 2.80. The lowest BCUT2D eigenvalue weighted by atomic mass is 9.98. The van der Waals surface area contributed by atoms with Crippen molar-refractivity contribution in [3.8, 4) is 11.4 Å². The van der Waals surface area contributed by atoms with Crippen molar-refractivity contribution < 1.29 is 14.1 Å². The van der Waals surface area contributed by atoms with Crippen LogP contribution in [-0.2, 0) is 9.53 Å². The number of likely N-dealkylation sites (tertiary alicyclic amines) is 1. The molecule has 0 N–H and O–H groups in total. The molecule has 1 fully saturated rings. The van der Waals surface area contributed by atoms with Crippen molar-refractivity contribution in [2.75, 3.05) is 26.8 Å². The number of carbonyl (C=O) groups is 1. The van der Waals surface area contributed by atoms with Crippen LogP contribution in [0.1, 0.15) is 18.7 Å². The predicted octanol–water partition coefficient (Wildman–Crippen LogP) is 1.94. The fourth-order valence-electron chi connectivity index (χ4n) is 2.80. The van der Waals surface area contributed by atoms with Gasteiger partial charge in [-0.2, -0.15) is 4.98 Å². The minimum atomic E-state index is -0.000326. The summed E-state index contributed by atoms with van der Waals surface area (Å²) in [7, 11) is 1.53. The summed E-state index contributed by atoms with van der Waals surface area (Å²) in [6.45, 7) is 3.49. The number of aromatic nitrogens is 2. The lowest BCUT2D eigenvalue weighted by Gasteiger charge is -2.14. The Hall–Kier alpha value is -2.21. The first-order valence-corrected chi connectivity index (χ1v) is 7.34. The number of amides is 1. The highest BCUT2D eigenvalue weighted by Crippen LogP contribution is 2.32. The number of benzene rings is 1. The summed E-state index contributed by atoms with van der Waals surface area (Å²) >= 11 is 0. The van der Waals surface area contributed by atoms with Gasteiger partial charge in [0.1, 0.15) is 6.61 Å². The molecular formula is C16H19N3O3. The van der Waals surface area contributed by atoms with Crippen molar-refractivity contribution in [3.63, 3.8) is 0 Å². The number of hydrogen-bond donors (Lipinski definition) is 0. The van der Waals surface area contributed by atoms with E-state index in [1.807, 2.05) is 30.3 Å². The highest BCUT2D eigenvalue weighted by Gasteiger charge is 2.36. The largest absolute Gasteiger partial charge is 0.375 e. The van der Waals surface area contributed by atoms with Crippen molar-refractivity contribution in [2.45, 2.75) is 12.8 Å². The van der Waals surface area contributed by atoms with Gasteiger partial charge in [-0.1, -0.05) is 42.4 Å². The van der Waals surface area contributed by atoms with Crippen LogP contribution in [0.3, 0.4) is 0 Å². The molecule has 1 aromatic heterocycles. The van der Waals surface area contributed by atoms with Crippen LogP contribution in [0, 0.1) is 5.92 Å². The Morgan fingerprint density at radius 3 is 2.86 bits per heavy atom. The standard InChI is InChI=1S/C16H19N3O3/c1-11-8-19(14(20)10-21-2)9-13(11)16-17-15(18-22-16)12-6-4-3-5-7-12/h3-7,11,13H,8-10H2,1-2H3. The maximum atomic E-state index is 11.9. The lowest BCUT2D eigenvalue weighted by Crippen LogP contribution is -2.31. The van der Waals surface area contributed by atoms with E-state index in [0.717, 1.165) is 5.56 Å². The average molecular weight is 301 g/mol. The van der Waals surface area contributed by atoms with E-state index in [1.165, 1.54) is 7.11 Å².